The first-order chi connectivity index (χ1) is 13.4. The van der Waals surface area contributed by atoms with Crippen LogP contribution in [0, 0.1) is 0 Å². The molecule has 0 saturated heterocycles. The van der Waals surface area contributed by atoms with Gasteiger partial charge in [-0.3, -0.25) is 4.79 Å². The van der Waals surface area contributed by atoms with Crippen LogP contribution in [-0.4, -0.2) is 22.9 Å². The number of alkyl halides is 2. The summed E-state index contributed by atoms with van der Waals surface area (Å²) in [6.45, 7) is 4.42. The number of hydrogen-bond donors (Lipinski definition) is 1. The Morgan fingerprint density at radius 2 is 2.04 bits per heavy atom. The molecule has 1 N–H and O–H groups in total. The molecule has 2 aromatic rings. The monoisotopic (exact) mass is 408 g/mol. The summed E-state index contributed by atoms with van der Waals surface area (Å²) < 4.78 is 27.6. The zero-order valence-corrected chi connectivity index (χ0v) is 17.6. The van der Waals surface area contributed by atoms with Gasteiger partial charge in [0.05, 0.1) is 15.2 Å². The van der Waals surface area contributed by atoms with Crippen LogP contribution < -0.4 is 5.32 Å². The molecule has 3 rings (SSSR count). The highest BCUT2D eigenvalue weighted by Gasteiger charge is 2.35. The first-order valence-electron chi connectivity index (χ1n) is 10.5. The predicted octanol–water partition coefficient (Wildman–Crippen LogP) is 6.68. The van der Waals surface area contributed by atoms with Crippen molar-refractivity contribution in [3.63, 3.8) is 0 Å². The molecular weight excluding hydrogens is 378 g/mol. The fourth-order valence-electron chi connectivity index (χ4n) is 3.85. The Morgan fingerprint density at radius 1 is 1.29 bits per heavy atom. The van der Waals surface area contributed by atoms with Crippen molar-refractivity contribution in [2.24, 2.45) is 0 Å². The van der Waals surface area contributed by atoms with Crippen molar-refractivity contribution in [3.05, 3.63) is 28.8 Å². The molecule has 1 fully saturated rings. The van der Waals surface area contributed by atoms with Crippen molar-refractivity contribution in [1.29, 1.82) is 0 Å². The molecule has 28 heavy (non-hydrogen) atoms. The second-order valence-corrected chi connectivity index (χ2v) is 9.00. The quantitative estimate of drug-likeness (QED) is 0.495. The standard InChI is InChI=1S/C22H30F2N2OS/c1-3-5-6-7-15(4-2)21-26-18-9-8-16(14-19(18)28-21)20(27)25-17-10-12-22(23,24)13-11-17/h8-9,14-15,17H,3-7,10-13H2,1-2H3,(H,25,27). The minimum atomic E-state index is -2.58. The van der Waals surface area contributed by atoms with Gasteiger partial charge in [-0.1, -0.05) is 33.1 Å². The topological polar surface area (TPSA) is 42.0 Å². The fraction of sp³-hybridized carbons (Fsp3) is 0.636. The minimum absolute atomic E-state index is 0.147. The van der Waals surface area contributed by atoms with Gasteiger partial charge >= 0.3 is 0 Å². The van der Waals surface area contributed by atoms with Gasteiger partial charge in [0, 0.05) is 30.4 Å². The largest absolute Gasteiger partial charge is 0.349 e. The molecule has 1 aliphatic rings. The molecule has 0 radical (unpaired) electrons. The van der Waals surface area contributed by atoms with Gasteiger partial charge in [-0.2, -0.15) is 0 Å². The highest BCUT2D eigenvalue weighted by Crippen LogP contribution is 2.34. The molecule has 6 heteroatoms. The van der Waals surface area contributed by atoms with Crippen LogP contribution in [0.5, 0.6) is 0 Å². The Morgan fingerprint density at radius 3 is 2.71 bits per heavy atom. The molecule has 1 aliphatic carbocycles. The second kappa shape index (κ2) is 9.29. The first-order valence-corrected chi connectivity index (χ1v) is 11.3. The van der Waals surface area contributed by atoms with Crippen LogP contribution >= 0.6 is 11.3 Å². The fourth-order valence-corrected chi connectivity index (χ4v) is 5.08. The van der Waals surface area contributed by atoms with E-state index in [1.165, 1.54) is 19.3 Å². The van der Waals surface area contributed by atoms with E-state index in [-0.39, 0.29) is 24.8 Å². The molecule has 1 amide bonds. The zero-order valence-electron chi connectivity index (χ0n) is 16.8. The molecule has 1 aromatic heterocycles. The number of nitrogens with one attached hydrogen (secondary N) is 1. The van der Waals surface area contributed by atoms with Crippen molar-refractivity contribution >= 4 is 27.5 Å². The van der Waals surface area contributed by atoms with Gasteiger partial charge in [0.1, 0.15) is 0 Å². The van der Waals surface area contributed by atoms with E-state index in [2.05, 4.69) is 19.2 Å². The third-order valence-electron chi connectivity index (χ3n) is 5.72. The van der Waals surface area contributed by atoms with Crippen LogP contribution in [0.2, 0.25) is 0 Å². The van der Waals surface area contributed by atoms with Crippen molar-refractivity contribution in [2.45, 2.75) is 89.5 Å². The number of thiazole rings is 1. The average Bonchev–Trinajstić information content (AvgIpc) is 3.10. The van der Waals surface area contributed by atoms with E-state index in [0.717, 1.165) is 28.1 Å². The molecule has 0 bridgehead atoms. The number of carbonyl (C=O) groups excluding carboxylic acids is 1. The van der Waals surface area contributed by atoms with Gasteiger partial charge in [-0.05, 0) is 43.9 Å². The number of halogens is 2. The molecule has 1 aromatic carbocycles. The van der Waals surface area contributed by atoms with E-state index in [9.17, 15) is 13.6 Å². The van der Waals surface area contributed by atoms with Gasteiger partial charge in [0.2, 0.25) is 5.92 Å². The van der Waals surface area contributed by atoms with Crippen molar-refractivity contribution in [3.8, 4) is 0 Å². The summed E-state index contributed by atoms with van der Waals surface area (Å²) in [5, 5.41) is 4.08. The molecule has 1 heterocycles. The Kier molecular flexibility index (Phi) is 7.02. The number of carbonyl (C=O) groups is 1. The average molecular weight is 409 g/mol. The maximum atomic E-state index is 13.3. The molecule has 1 atom stereocenters. The van der Waals surface area contributed by atoms with Gasteiger partial charge in [0.25, 0.3) is 5.91 Å². The summed E-state index contributed by atoms with van der Waals surface area (Å²) in [6.07, 6.45) is 6.29. The SMILES string of the molecule is CCCCCC(CC)c1nc2ccc(C(=O)NC3CCC(F)(F)CC3)cc2s1. The Hall–Kier alpha value is -1.56. The van der Waals surface area contributed by atoms with E-state index in [0.29, 0.717) is 24.3 Å². The highest BCUT2D eigenvalue weighted by atomic mass is 32.1. The lowest BCUT2D eigenvalue weighted by Gasteiger charge is -2.28. The van der Waals surface area contributed by atoms with Gasteiger partial charge < -0.3 is 5.32 Å². The van der Waals surface area contributed by atoms with Crippen LogP contribution in [0.25, 0.3) is 10.2 Å². The number of nitrogens with zero attached hydrogens (tertiary/aromatic N) is 1. The van der Waals surface area contributed by atoms with Crippen LogP contribution in [0.1, 0.15) is 92.9 Å². The number of fused-ring (bicyclic) bond motifs is 1. The van der Waals surface area contributed by atoms with E-state index in [4.69, 9.17) is 4.98 Å². The Balaban J connectivity index is 1.67. The van der Waals surface area contributed by atoms with Crippen LogP contribution in [0.4, 0.5) is 8.78 Å². The highest BCUT2D eigenvalue weighted by molar-refractivity contribution is 7.18. The van der Waals surface area contributed by atoms with Crippen molar-refractivity contribution in [1.82, 2.24) is 10.3 Å². The zero-order chi connectivity index (χ0) is 20.1. The van der Waals surface area contributed by atoms with Crippen LogP contribution in [0.15, 0.2) is 18.2 Å². The summed E-state index contributed by atoms with van der Waals surface area (Å²) in [5.41, 5.74) is 1.52. The molecule has 1 saturated carbocycles. The molecule has 3 nitrogen and oxygen atoms in total. The summed E-state index contributed by atoms with van der Waals surface area (Å²) >= 11 is 1.68. The molecule has 0 spiro atoms. The maximum absolute atomic E-state index is 13.3. The summed E-state index contributed by atoms with van der Waals surface area (Å²) in [6, 6.07) is 5.42. The second-order valence-electron chi connectivity index (χ2n) is 7.94. The number of rotatable bonds is 8. The summed E-state index contributed by atoms with van der Waals surface area (Å²) in [7, 11) is 0. The van der Waals surface area contributed by atoms with Gasteiger partial charge in [-0.25, -0.2) is 13.8 Å². The smallest absolute Gasteiger partial charge is 0.251 e. The Bertz CT molecular complexity index is 795. The van der Waals surface area contributed by atoms with Gasteiger partial charge in [-0.15, -0.1) is 11.3 Å². The van der Waals surface area contributed by atoms with Gasteiger partial charge in [0.15, 0.2) is 0 Å². The first kappa shape index (κ1) is 21.2. The van der Waals surface area contributed by atoms with Crippen LogP contribution in [-0.2, 0) is 0 Å². The lowest BCUT2D eigenvalue weighted by atomic mass is 9.92. The van der Waals surface area contributed by atoms with Crippen LogP contribution in [0.3, 0.4) is 0 Å². The third-order valence-corrected chi connectivity index (χ3v) is 6.90. The molecule has 0 aliphatic heterocycles. The van der Waals surface area contributed by atoms with E-state index in [1.54, 1.807) is 17.4 Å². The number of aromatic nitrogens is 1. The summed E-state index contributed by atoms with van der Waals surface area (Å²) in [4.78, 5) is 17.4. The van der Waals surface area contributed by atoms with E-state index >= 15 is 0 Å². The minimum Gasteiger partial charge on any atom is -0.349 e. The van der Waals surface area contributed by atoms with E-state index < -0.39 is 5.92 Å². The Labute approximate surface area is 169 Å². The number of unbranched alkanes of at least 4 members (excludes halogenated alkanes) is 2. The number of hydrogen-bond acceptors (Lipinski definition) is 3. The van der Waals surface area contributed by atoms with E-state index in [1.807, 2.05) is 12.1 Å². The molecular formula is C22H30F2N2OS. The van der Waals surface area contributed by atoms with Crippen molar-refractivity contribution in [2.75, 3.05) is 0 Å². The number of amides is 1. The normalized spacial score (nSPS) is 18.3. The molecule has 1 unspecified atom stereocenters. The van der Waals surface area contributed by atoms with Crippen molar-refractivity contribution < 1.29 is 13.6 Å². The summed E-state index contributed by atoms with van der Waals surface area (Å²) in [5.74, 6) is -2.28. The third kappa shape index (κ3) is 5.28. The maximum Gasteiger partial charge on any atom is 0.251 e. The number of benzene rings is 1. The predicted molar refractivity (Wildman–Crippen MR) is 111 cm³/mol. The lowest BCUT2D eigenvalue weighted by Crippen LogP contribution is -2.40. The molecule has 154 valence electrons. The lowest BCUT2D eigenvalue weighted by molar-refractivity contribution is -0.0399.